The number of rotatable bonds is 1. The van der Waals surface area contributed by atoms with Crippen LogP contribution in [0, 0.1) is 0 Å². The molecule has 0 aliphatic carbocycles. The van der Waals surface area contributed by atoms with E-state index in [-0.39, 0.29) is 0 Å². The third-order valence-electron chi connectivity index (χ3n) is 2.93. The van der Waals surface area contributed by atoms with Crippen molar-refractivity contribution in [3.63, 3.8) is 0 Å². The highest BCUT2D eigenvalue weighted by Gasteiger charge is 2.24. The van der Waals surface area contributed by atoms with Crippen LogP contribution in [0.3, 0.4) is 0 Å². The smallest absolute Gasteiger partial charge is 0.103 e. The van der Waals surface area contributed by atoms with Crippen LogP contribution in [-0.4, -0.2) is 36.3 Å². The Labute approximate surface area is 94.4 Å². The van der Waals surface area contributed by atoms with Gasteiger partial charge in [0.05, 0.1) is 11.4 Å². The molecule has 1 fully saturated rings. The van der Waals surface area contributed by atoms with E-state index >= 15 is 0 Å². The lowest BCUT2D eigenvalue weighted by atomic mass is 10.3. The van der Waals surface area contributed by atoms with Crippen LogP contribution in [-0.2, 0) is 0 Å². The molecule has 0 bridgehead atoms. The number of para-hydroxylation sites is 2. The fourth-order valence-electron chi connectivity index (χ4n) is 2.14. The molecule has 1 aromatic carbocycles. The Hall–Kier alpha value is -0.870. The zero-order valence-electron chi connectivity index (χ0n) is 8.65. The number of hydrazine groups is 1. The van der Waals surface area contributed by atoms with E-state index in [0.717, 1.165) is 6.67 Å². The van der Waals surface area contributed by atoms with E-state index < -0.39 is 0 Å². The molecule has 80 valence electrons. The molecule has 3 nitrogen and oxygen atoms in total. The second-order valence-electron chi connectivity index (χ2n) is 3.82. The molecule has 15 heavy (non-hydrogen) atoms. The molecular formula is C11H15N3S. The molecule has 4 heteroatoms. The van der Waals surface area contributed by atoms with Gasteiger partial charge in [0, 0.05) is 24.6 Å². The van der Waals surface area contributed by atoms with Crippen molar-refractivity contribution < 1.29 is 0 Å². The van der Waals surface area contributed by atoms with Gasteiger partial charge in [0.2, 0.25) is 0 Å². The van der Waals surface area contributed by atoms with Crippen molar-refractivity contribution >= 4 is 23.1 Å². The molecule has 0 spiro atoms. The Balaban J connectivity index is 1.83. The summed E-state index contributed by atoms with van der Waals surface area (Å²) in [4.78, 5) is 0. The average Bonchev–Trinajstić information content (AvgIpc) is 2.74. The van der Waals surface area contributed by atoms with Gasteiger partial charge in [-0.15, -0.1) is 0 Å². The van der Waals surface area contributed by atoms with Crippen LogP contribution in [0.25, 0.3) is 0 Å². The Bertz CT molecular complexity index is 349. The van der Waals surface area contributed by atoms with E-state index in [9.17, 15) is 0 Å². The van der Waals surface area contributed by atoms with Crippen molar-refractivity contribution in [2.24, 2.45) is 0 Å². The third kappa shape index (κ3) is 1.68. The predicted octanol–water partition coefficient (Wildman–Crippen LogP) is 1.84. The molecule has 0 amide bonds. The van der Waals surface area contributed by atoms with E-state index in [1.54, 1.807) is 0 Å². The summed E-state index contributed by atoms with van der Waals surface area (Å²) in [6.07, 6.45) is 0. The summed E-state index contributed by atoms with van der Waals surface area (Å²) >= 11 is 2.05. The van der Waals surface area contributed by atoms with Crippen LogP contribution < -0.4 is 10.3 Å². The van der Waals surface area contributed by atoms with Crippen LogP contribution >= 0.6 is 11.8 Å². The highest BCUT2D eigenvalue weighted by Crippen LogP contribution is 2.32. The van der Waals surface area contributed by atoms with Gasteiger partial charge in [-0.25, -0.2) is 5.01 Å². The monoisotopic (exact) mass is 221 g/mol. The van der Waals surface area contributed by atoms with Gasteiger partial charge >= 0.3 is 0 Å². The molecule has 0 radical (unpaired) electrons. The summed E-state index contributed by atoms with van der Waals surface area (Å²) in [5.74, 6) is 2.50. The number of hydrogen-bond acceptors (Lipinski definition) is 4. The Morgan fingerprint density at radius 2 is 1.93 bits per heavy atom. The summed E-state index contributed by atoms with van der Waals surface area (Å²) < 4.78 is 0. The molecule has 0 unspecified atom stereocenters. The number of nitrogens with zero attached hydrogens (tertiary/aromatic N) is 2. The second kappa shape index (κ2) is 3.94. The van der Waals surface area contributed by atoms with E-state index in [2.05, 4.69) is 51.4 Å². The molecule has 1 saturated heterocycles. The number of fused-ring (bicyclic) bond motifs is 1. The quantitative estimate of drug-likeness (QED) is 0.779. The number of thioether (sulfide) groups is 1. The third-order valence-corrected chi connectivity index (χ3v) is 3.87. The Kier molecular flexibility index (Phi) is 2.46. The van der Waals surface area contributed by atoms with Crippen molar-refractivity contribution in [3.8, 4) is 0 Å². The summed E-state index contributed by atoms with van der Waals surface area (Å²) in [7, 11) is 0. The summed E-state index contributed by atoms with van der Waals surface area (Å²) in [5, 5.41) is 8.25. The van der Waals surface area contributed by atoms with E-state index in [1.165, 1.54) is 36.0 Å². The molecule has 1 aromatic rings. The van der Waals surface area contributed by atoms with Crippen molar-refractivity contribution in [1.29, 1.82) is 0 Å². The lowest BCUT2D eigenvalue weighted by Crippen LogP contribution is -2.47. The van der Waals surface area contributed by atoms with Gasteiger partial charge in [-0.2, -0.15) is 11.8 Å². The van der Waals surface area contributed by atoms with Gasteiger partial charge in [0.25, 0.3) is 0 Å². The summed E-state index contributed by atoms with van der Waals surface area (Å²) in [6.45, 7) is 3.26. The number of hydrogen-bond donors (Lipinski definition) is 1. The highest BCUT2D eigenvalue weighted by atomic mass is 32.2. The van der Waals surface area contributed by atoms with Crippen molar-refractivity contribution in [2.45, 2.75) is 0 Å². The Morgan fingerprint density at radius 1 is 1.13 bits per heavy atom. The minimum Gasteiger partial charge on any atom is -0.365 e. The van der Waals surface area contributed by atoms with Gasteiger partial charge in [0.15, 0.2) is 0 Å². The minimum atomic E-state index is 0.921. The molecule has 0 atom stereocenters. The number of nitrogens with one attached hydrogen (secondary N) is 1. The van der Waals surface area contributed by atoms with Crippen LogP contribution in [0.4, 0.5) is 11.4 Å². The van der Waals surface area contributed by atoms with E-state index in [1.807, 2.05) is 0 Å². The summed E-state index contributed by atoms with van der Waals surface area (Å²) in [5.41, 5.74) is 2.58. The van der Waals surface area contributed by atoms with Crippen molar-refractivity contribution in [3.05, 3.63) is 24.3 Å². The first-order valence-corrected chi connectivity index (χ1v) is 6.54. The van der Waals surface area contributed by atoms with Gasteiger partial charge in [-0.1, -0.05) is 12.1 Å². The van der Waals surface area contributed by atoms with E-state index in [0.29, 0.717) is 0 Å². The fourth-order valence-corrected chi connectivity index (χ4v) is 3.02. The number of benzene rings is 1. The topological polar surface area (TPSA) is 18.5 Å². The maximum atomic E-state index is 3.42. The zero-order chi connectivity index (χ0) is 10.1. The molecule has 0 saturated carbocycles. The van der Waals surface area contributed by atoms with Crippen molar-refractivity contribution in [2.75, 3.05) is 41.6 Å². The molecule has 2 heterocycles. The first kappa shape index (κ1) is 9.36. The molecule has 2 aliphatic rings. The van der Waals surface area contributed by atoms with E-state index in [4.69, 9.17) is 0 Å². The zero-order valence-corrected chi connectivity index (χ0v) is 9.46. The maximum absolute atomic E-state index is 3.42. The molecule has 3 rings (SSSR count). The summed E-state index contributed by atoms with van der Waals surface area (Å²) in [6, 6.07) is 8.53. The Morgan fingerprint density at radius 3 is 2.80 bits per heavy atom. The van der Waals surface area contributed by atoms with Crippen LogP contribution in [0.1, 0.15) is 0 Å². The lowest BCUT2D eigenvalue weighted by molar-refractivity contribution is 0.284. The standard InChI is InChI=1S/C11H15N3S/c1-2-4-11-10(3-1)12-9-14(11)13-5-7-15-8-6-13/h1-4,12H,5-9H2. The lowest BCUT2D eigenvalue weighted by Gasteiger charge is -2.35. The largest absolute Gasteiger partial charge is 0.365 e. The van der Waals surface area contributed by atoms with Gasteiger partial charge < -0.3 is 5.32 Å². The highest BCUT2D eigenvalue weighted by molar-refractivity contribution is 7.99. The van der Waals surface area contributed by atoms with Crippen molar-refractivity contribution in [1.82, 2.24) is 5.01 Å². The second-order valence-corrected chi connectivity index (χ2v) is 5.04. The maximum Gasteiger partial charge on any atom is 0.103 e. The van der Waals surface area contributed by atoms with Crippen LogP contribution in [0.5, 0.6) is 0 Å². The van der Waals surface area contributed by atoms with Crippen LogP contribution in [0.15, 0.2) is 24.3 Å². The van der Waals surface area contributed by atoms with Gasteiger partial charge in [-0.05, 0) is 12.1 Å². The fraction of sp³-hybridized carbons (Fsp3) is 0.455. The van der Waals surface area contributed by atoms with Gasteiger partial charge in [0.1, 0.15) is 6.67 Å². The molecular weight excluding hydrogens is 206 g/mol. The van der Waals surface area contributed by atoms with Gasteiger partial charge in [-0.3, -0.25) is 5.01 Å². The number of anilines is 2. The van der Waals surface area contributed by atoms with Crippen LogP contribution in [0.2, 0.25) is 0 Å². The molecule has 0 aromatic heterocycles. The SMILES string of the molecule is c1ccc2c(c1)NCN2N1CCSCC1. The molecule has 2 aliphatic heterocycles. The first-order chi connectivity index (χ1) is 7.45. The molecule has 1 N–H and O–H groups in total. The first-order valence-electron chi connectivity index (χ1n) is 5.38. The average molecular weight is 221 g/mol. The minimum absolute atomic E-state index is 0.921. The predicted molar refractivity (Wildman–Crippen MR) is 66.3 cm³/mol. The normalized spacial score (nSPS) is 21.2.